The number of hydrogen-bond acceptors (Lipinski definition) is 4. The van der Waals surface area contributed by atoms with Crippen molar-refractivity contribution in [2.75, 3.05) is 6.61 Å². The second kappa shape index (κ2) is 7.79. The summed E-state index contributed by atoms with van der Waals surface area (Å²) in [5, 5.41) is 19.9. The van der Waals surface area contributed by atoms with Crippen molar-refractivity contribution in [2.45, 2.75) is 25.8 Å². The lowest BCUT2D eigenvalue weighted by atomic mass is 10.2. The molecule has 0 spiro atoms. The highest BCUT2D eigenvalue weighted by atomic mass is 16.5. The molecule has 106 valence electrons. The summed E-state index contributed by atoms with van der Waals surface area (Å²) in [6.45, 7) is 1.58. The number of carboxylic acids is 1. The zero-order valence-corrected chi connectivity index (χ0v) is 11.1. The number of ether oxygens (including phenoxy) is 1. The molecular formula is C14H16N2O4. The number of aliphatic carboxylic acids is 1. The standard InChI is InChI=1S/C14H16N2O4/c1-2-3-12(14(18)19)16-13(17)9-20-11-6-4-10(8-15)5-7-11/h4-7,12H,2-3,9H2,1H3,(H,16,17)(H,18,19). The average molecular weight is 276 g/mol. The van der Waals surface area contributed by atoms with Gasteiger partial charge in [0, 0.05) is 0 Å². The zero-order valence-electron chi connectivity index (χ0n) is 11.1. The summed E-state index contributed by atoms with van der Waals surface area (Å²) >= 11 is 0. The van der Waals surface area contributed by atoms with Gasteiger partial charge in [0.25, 0.3) is 5.91 Å². The molecule has 0 fully saturated rings. The van der Waals surface area contributed by atoms with Gasteiger partial charge in [0.15, 0.2) is 6.61 Å². The Labute approximate surface area is 117 Å². The van der Waals surface area contributed by atoms with Gasteiger partial charge < -0.3 is 15.2 Å². The number of rotatable bonds is 7. The number of carbonyl (C=O) groups is 2. The highest BCUT2D eigenvalue weighted by molar-refractivity contribution is 5.84. The minimum atomic E-state index is -1.06. The van der Waals surface area contributed by atoms with Gasteiger partial charge in [-0.1, -0.05) is 13.3 Å². The summed E-state index contributed by atoms with van der Waals surface area (Å²) in [6.07, 6.45) is 1.03. The van der Waals surface area contributed by atoms with Gasteiger partial charge in [-0.2, -0.15) is 5.26 Å². The van der Waals surface area contributed by atoms with Gasteiger partial charge in [-0.25, -0.2) is 4.79 Å². The Bertz CT molecular complexity index is 505. The van der Waals surface area contributed by atoms with E-state index >= 15 is 0 Å². The van der Waals surface area contributed by atoms with E-state index in [0.29, 0.717) is 24.2 Å². The van der Waals surface area contributed by atoms with Crippen molar-refractivity contribution in [3.63, 3.8) is 0 Å². The number of benzene rings is 1. The molecule has 1 aromatic rings. The van der Waals surface area contributed by atoms with Gasteiger partial charge in [-0.15, -0.1) is 0 Å². The molecule has 0 aliphatic rings. The molecule has 0 aliphatic carbocycles. The number of nitrogens with zero attached hydrogens (tertiary/aromatic N) is 1. The van der Waals surface area contributed by atoms with Crippen LogP contribution in [0.3, 0.4) is 0 Å². The van der Waals surface area contributed by atoms with Crippen molar-refractivity contribution in [1.29, 1.82) is 5.26 Å². The average Bonchev–Trinajstić information content (AvgIpc) is 2.45. The molecule has 0 bridgehead atoms. The van der Waals surface area contributed by atoms with Crippen LogP contribution in [0.25, 0.3) is 0 Å². The van der Waals surface area contributed by atoms with Crippen molar-refractivity contribution in [3.05, 3.63) is 29.8 Å². The van der Waals surface area contributed by atoms with Crippen LogP contribution in [0.4, 0.5) is 0 Å². The second-order valence-electron chi connectivity index (χ2n) is 4.17. The van der Waals surface area contributed by atoms with Gasteiger partial charge in [0.2, 0.25) is 0 Å². The summed E-state index contributed by atoms with van der Waals surface area (Å²) in [5.74, 6) is -1.10. The molecule has 20 heavy (non-hydrogen) atoms. The quantitative estimate of drug-likeness (QED) is 0.782. The van der Waals surface area contributed by atoms with Crippen LogP contribution in [0, 0.1) is 11.3 Å². The minimum Gasteiger partial charge on any atom is -0.484 e. The van der Waals surface area contributed by atoms with E-state index in [4.69, 9.17) is 15.1 Å². The molecule has 1 rings (SSSR count). The van der Waals surface area contributed by atoms with E-state index in [9.17, 15) is 9.59 Å². The molecule has 0 saturated heterocycles. The number of carboxylic acid groups (broad SMARTS) is 1. The molecule has 2 N–H and O–H groups in total. The number of amides is 1. The third-order valence-electron chi connectivity index (χ3n) is 2.56. The van der Waals surface area contributed by atoms with Crippen molar-refractivity contribution in [3.8, 4) is 11.8 Å². The molecule has 0 saturated carbocycles. The molecule has 1 amide bonds. The Morgan fingerprint density at radius 1 is 1.40 bits per heavy atom. The van der Waals surface area contributed by atoms with Gasteiger partial charge in [0.05, 0.1) is 11.6 Å². The highest BCUT2D eigenvalue weighted by Crippen LogP contribution is 2.11. The summed E-state index contributed by atoms with van der Waals surface area (Å²) in [7, 11) is 0. The second-order valence-corrected chi connectivity index (χ2v) is 4.17. The van der Waals surface area contributed by atoms with Gasteiger partial charge in [0.1, 0.15) is 11.8 Å². The summed E-state index contributed by atoms with van der Waals surface area (Å²) in [4.78, 5) is 22.5. The summed E-state index contributed by atoms with van der Waals surface area (Å²) in [5.41, 5.74) is 0.496. The van der Waals surface area contributed by atoms with Gasteiger partial charge in [-0.3, -0.25) is 4.79 Å². The van der Waals surface area contributed by atoms with Crippen molar-refractivity contribution < 1.29 is 19.4 Å². The smallest absolute Gasteiger partial charge is 0.326 e. The lowest BCUT2D eigenvalue weighted by Gasteiger charge is -2.13. The fraction of sp³-hybridized carbons (Fsp3) is 0.357. The fourth-order valence-corrected chi connectivity index (χ4v) is 1.56. The normalized spacial score (nSPS) is 11.2. The van der Waals surface area contributed by atoms with E-state index < -0.39 is 17.9 Å². The first-order valence-electron chi connectivity index (χ1n) is 6.22. The van der Waals surface area contributed by atoms with Crippen molar-refractivity contribution in [2.24, 2.45) is 0 Å². The first-order chi connectivity index (χ1) is 9.56. The molecule has 6 heteroatoms. The third-order valence-corrected chi connectivity index (χ3v) is 2.56. The van der Waals surface area contributed by atoms with E-state index in [1.807, 2.05) is 13.0 Å². The maximum atomic E-state index is 11.6. The Balaban J connectivity index is 2.46. The fourth-order valence-electron chi connectivity index (χ4n) is 1.56. The van der Waals surface area contributed by atoms with Gasteiger partial charge in [-0.05, 0) is 30.7 Å². The topological polar surface area (TPSA) is 99.4 Å². The first-order valence-corrected chi connectivity index (χ1v) is 6.22. The predicted octanol–water partition coefficient (Wildman–Crippen LogP) is 1.31. The van der Waals surface area contributed by atoms with Crippen LogP contribution in [0.2, 0.25) is 0 Å². The molecule has 1 unspecified atom stereocenters. The van der Waals surface area contributed by atoms with Crippen LogP contribution in [0.15, 0.2) is 24.3 Å². The van der Waals surface area contributed by atoms with E-state index in [1.54, 1.807) is 24.3 Å². The Morgan fingerprint density at radius 3 is 2.55 bits per heavy atom. The van der Waals surface area contributed by atoms with E-state index in [1.165, 1.54) is 0 Å². The van der Waals surface area contributed by atoms with E-state index in [0.717, 1.165) is 0 Å². The number of hydrogen-bond donors (Lipinski definition) is 2. The maximum absolute atomic E-state index is 11.6. The maximum Gasteiger partial charge on any atom is 0.326 e. The van der Waals surface area contributed by atoms with Crippen molar-refractivity contribution >= 4 is 11.9 Å². The third kappa shape index (κ3) is 4.98. The highest BCUT2D eigenvalue weighted by Gasteiger charge is 2.18. The van der Waals surface area contributed by atoms with Crippen LogP contribution in [-0.2, 0) is 9.59 Å². The number of nitrogens with one attached hydrogen (secondary N) is 1. The summed E-state index contributed by atoms with van der Waals surface area (Å²) in [6, 6.07) is 7.38. The van der Waals surface area contributed by atoms with E-state index in [2.05, 4.69) is 5.32 Å². The first kappa shape index (κ1) is 15.5. The van der Waals surface area contributed by atoms with Crippen LogP contribution < -0.4 is 10.1 Å². The lowest BCUT2D eigenvalue weighted by molar-refractivity contribution is -0.142. The van der Waals surface area contributed by atoms with Crippen LogP contribution in [0.1, 0.15) is 25.3 Å². The Morgan fingerprint density at radius 2 is 2.05 bits per heavy atom. The molecule has 0 heterocycles. The monoisotopic (exact) mass is 276 g/mol. The molecule has 0 radical (unpaired) electrons. The summed E-state index contributed by atoms with van der Waals surface area (Å²) < 4.78 is 5.21. The van der Waals surface area contributed by atoms with Gasteiger partial charge >= 0.3 is 5.97 Å². The molecule has 0 aromatic heterocycles. The van der Waals surface area contributed by atoms with Crippen LogP contribution in [-0.4, -0.2) is 29.6 Å². The molecule has 0 aliphatic heterocycles. The van der Waals surface area contributed by atoms with Crippen LogP contribution >= 0.6 is 0 Å². The largest absolute Gasteiger partial charge is 0.484 e. The Hall–Kier alpha value is -2.55. The van der Waals surface area contributed by atoms with Crippen LogP contribution in [0.5, 0.6) is 5.75 Å². The lowest BCUT2D eigenvalue weighted by Crippen LogP contribution is -2.42. The Kier molecular flexibility index (Phi) is 6.04. The number of carbonyl (C=O) groups excluding carboxylic acids is 1. The molecule has 1 atom stereocenters. The SMILES string of the molecule is CCCC(NC(=O)COc1ccc(C#N)cc1)C(=O)O. The minimum absolute atomic E-state index is 0.264. The van der Waals surface area contributed by atoms with Crippen molar-refractivity contribution in [1.82, 2.24) is 5.32 Å². The van der Waals surface area contributed by atoms with E-state index in [-0.39, 0.29) is 6.61 Å². The molecular weight excluding hydrogens is 260 g/mol. The molecule has 6 nitrogen and oxygen atoms in total. The predicted molar refractivity (Wildman–Crippen MR) is 71.1 cm³/mol. The molecule has 1 aromatic carbocycles. The zero-order chi connectivity index (χ0) is 15.0. The number of nitriles is 1.